The highest BCUT2D eigenvalue weighted by atomic mass is 32.1. The first-order chi connectivity index (χ1) is 23.3. The first kappa shape index (κ1) is 26.5. The van der Waals surface area contributed by atoms with Gasteiger partial charge in [-0.3, -0.25) is 0 Å². The second-order valence-corrected chi connectivity index (χ2v) is 13.5. The first-order valence-corrected chi connectivity index (χ1v) is 17.0. The summed E-state index contributed by atoms with van der Waals surface area (Å²) in [7, 11) is 0. The molecule has 0 aliphatic carbocycles. The molecule has 0 atom stereocenters. The summed E-state index contributed by atoms with van der Waals surface area (Å²) in [5.41, 5.74) is 7.65. The van der Waals surface area contributed by atoms with Crippen molar-refractivity contribution in [2.45, 2.75) is 0 Å². The largest absolute Gasteiger partial charge is 0.135 e. The first-order valence-electron chi connectivity index (χ1n) is 16.2. The lowest BCUT2D eigenvalue weighted by Crippen LogP contribution is -1.91. The summed E-state index contributed by atoms with van der Waals surface area (Å²) in [5.74, 6) is 0. The second-order valence-electron chi connectivity index (χ2n) is 12.4. The maximum atomic E-state index is 2.37. The third-order valence-corrected chi connectivity index (χ3v) is 11.0. The lowest BCUT2D eigenvalue weighted by atomic mass is 9.85. The van der Waals surface area contributed by atoms with Crippen molar-refractivity contribution in [3.63, 3.8) is 0 Å². The van der Waals surface area contributed by atoms with Crippen LogP contribution in [0.25, 0.3) is 96.6 Å². The van der Waals surface area contributed by atoms with Gasteiger partial charge in [-0.2, -0.15) is 0 Å². The van der Waals surface area contributed by atoms with Gasteiger partial charge in [0.25, 0.3) is 0 Å². The average molecular weight is 613 g/mol. The molecule has 0 saturated heterocycles. The van der Waals surface area contributed by atoms with Gasteiger partial charge in [-0.05, 0) is 89.1 Å². The Labute approximate surface area is 276 Å². The zero-order valence-electron chi connectivity index (χ0n) is 25.6. The quantitative estimate of drug-likeness (QED) is 0.174. The summed E-state index contributed by atoms with van der Waals surface area (Å²) >= 11 is 1.90. The van der Waals surface area contributed by atoms with E-state index in [0.29, 0.717) is 0 Å². The van der Waals surface area contributed by atoms with E-state index in [-0.39, 0.29) is 0 Å². The Balaban J connectivity index is 1.21. The molecule has 10 aromatic rings. The number of thiophene rings is 1. The maximum absolute atomic E-state index is 2.37. The number of hydrogen-bond acceptors (Lipinski definition) is 1. The molecule has 1 heterocycles. The Bertz CT molecular complexity index is 2780. The molecule has 0 unspecified atom stereocenters. The van der Waals surface area contributed by atoms with Crippen LogP contribution >= 0.6 is 11.3 Å². The van der Waals surface area contributed by atoms with Gasteiger partial charge in [-0.1, -0.05) is 152 Å². The van der Waals surface area contributed by atoms with E-state index in [1.807, 2.05) is 11.3 Å². The standard InChI is InChI=1S/C46H28S/c1-2-12-32-27-34(26-21-29(32)11-1)44-39-18-7-5-16-37(39)43(38-17-6-8-19-40(38)44)30-22-24-31(25-23-30)45-35-14-4-3-13-33(35)28-41-36-15-9-10-20-42(36)47-46(41)45/h1-28H. The lowest BCUT2D eigenvalue weighted by molar-refractivity contribution is 1.65. The van der Waals surface area contributed by atoms with E-state index in [4.69, 9.17) is 0 Å². The van der Waals surface area contributed by atoms with Crippen molar-refractivity contribution >= 4 is 74.6 Å². The van der Waals surface area contributed by atoms with Crippen LogP contribution in [-0.4, -0.2) is 0 Å². The monoisotopic (exact) mass is 612 g/mol. The number of fused-ring (bicyclic) bond motifs is 7. The minimum Gasteiger partial charge on any atom is -0.135 e. The molecular formula is C46H28S. The summed E-state index contributed by atoms with van der Waals surface area (Å²) in [5, 5.41) is 12.9. The molecule has 0 spiro atoms. The molecule has 0 fully saturated rings. The fourth-order valence-corrected chi connectivity index (χ4v) is 8.97. The summed E-state index contributed by atoms with van der Waals surface area (Å²) in [6.45, 7) is 0. The molecule has 1 heteroatoms. The maximum Gasteiger partial charge on any atom is 0.0440 e. The Morgan fingerprint density at radius 3 is 1.40 bits per heavy atom. The minimum absolute atomic E-state index is 1.24. The Hall–Kier alpha value is -5.76. The van der Waals surface area contributed by atoms with Crippen molar-refractivity contribution in [3.8, 4) is 33.4 Å². The molecule has 218 valence electrons. The van der Waals surface area contributed by atoms with Crippen molar-refractivity contribution in [1.29, 1.82) is 0 Å². The zero-order chi connectivity index (χ0) is 30.9. The topological polar surface area (TPSA) is 0 Å². The van der Waals surface area contributed by atoms with Crippen molar-refractivity contribution in [2.75, 3.05) is 0 Å². The predicted molar refractivity (Wildman–Crippen MR) is 206 cm³/mol. The number of hydrogen-bond donors (Lipinski definition) is 0. The van der Waals surface area contributed by atoms with Crippen LogP contribution < -0.4 is 0 Å². The normalized spacial score (nSPS) is 11.8. The molecule has 0 nitrogen and oxygen atoms in total. The predicted octanol–water partition coefficient (Wildman–Crippen LogP) is 13.7. The van der Waals surface area contributed by atoms with E-state index < -0.39 is 0 Å². The summed E-state index contributed by atoms with van der Waals surface area (Å²) in [4.78, 5) is 0. The van der Waals surface area contributed by atoms with Gasteiger partial charge in [0.1, 0.15) is 0 Å². The van der Waals surface area contributed by atoms with Gasteiger partial charge in [-0.25, -0.2) is 0 Å². The lowest BCUT2D eigenvalue weighted by Gasteiger charge is -2.18. The molecule has 1 aromatic heterocycles. The van der Waals surface area contributed by atoms with E-state index in [2.05, 4.69) is 170 Å². The van der Waals surface area contributed by atoms with Crippen LogP contribution in [0, 0.1) is 0 Å². The Morgan fingerprint density at radius 2 is 0.745 bits per heavy atom. The van der Waals surface area contributed by atoms with Crippen LogP contribution in [0.5, 0.6) is 0 Å². The number of rotatable bonds is 3. The highest BCUT2D eigenvalue weighted by Crippen LogP contribution is 2.47. The van der Waals surface area contributed by atoms with Crippen LogP contribution in [-0.2, 0) is 0 Å². The number of benzene rings is 9. The Kier molecular flexibility index (Phi) is 5.85. The molecule has 0 amide bonds. The van der Waals surface area contributed by atoms with E-state index in [1.165, 1.54) is 96.6 Å². The van der Waals surface area contributed by atoms with E-state index in [0.717, 1.165) is 0 Å². The zero-order valence-corrected chi connectivity index (χ0v) is 26.4. The smallest absolute Gasteiger partial charge is 0.0440 e. The fraction of sp³-hybridized carbons (Fsp3) is 0. The summed E-state index contributed by atoms with van der Waals surface area (Å²) in [6.07, 6.45) is 0. The second kappa shape index (κ2) is 10.4. The van der Waals surface area contributed by atoms with Crippen LogP contribution in [0.3, 0.4) is 0 Å². The van der Waals surface area contributed by atoms with Gasteiger partial charge in [0, 0.05) is 25.7 Å². The van der Waals surface area contributed by atoms with E-state index in [1.54, 1.807) is 0 Å². The highest BCUT2D eigenvalue weighted by molar-refractivity contribution is 7.26. The Morgan fingerprint density at radius 1 is 0.277 bits per heavy atom. The minimum atomic E-state index is 1.24. The molecule has 47 heavy (non-hydrogen) atoms. The summed E-state index contributed by atoms with van der Waals surface area (Å²) in [6, 6.07) is 62.7. The van der Waals surface area contributed by atoms with Crippen LogP contribution in [0.4, 0.5) is 0 Å². The molecule has 0 radical (unpaired) electrons. The molecule has 0 saturated carbocycles. The van der Waals surface area contributed by atoms with Crippen molar-refractivity contribution in [2.24, 2.45) is 0 Å². The SMILES string of the molecule is c1ccc2cc(-c3c4ccccc4c(-c4ccc(-c5c6ccccc6cc6c5sc5ccccc56)cc4)c4ccccc34)ccc2c1. The average Bonchev–Trinajstić information content (AvgIpc) is 3.51. The van der Waals surface area contributed by atoms with Crippen LogP contribution in [0.2, 0.25) is 0 Å². The van der Waals surface area contributed by atoms with Gasteiger partial charge in [-0.15, -0.1) is 11.3 Å². The van der Waals surface area contributed by atoms with Crippen LogP contribution in [0.15, 0.2) is 170 Å². The molecule has 10 rings (SSSR count). The molecule has 0 bridgehead atoms. The van der Waals surface area contributed by atoms with Gasteiger partial charge in [0.2, 0.25) is 0 Å². The van der Waals surface area contributed by atoms with Gasteiger partial charge in [0.05, 0.1) is 0 Å². The van der Waals surface area contributed by atoms with Gasteiger partial charge < -0.3 is 0 Å². The van der Waals surface area contributed by atoms with Crippen molar-refractivity contribution in [3.05, 3.63) is 170 Å². The third kappa shape index (κ3) is 4.07. The molecule has 0 aliphatic rings. The van der Waals surface area contributed by atoms with E-state index >= 15 is 0 Å². The van der Waals surface area contributed by atoms with E-state index in [9.17, 15) is 0 Å². The highest BCUT2D eigenvalue weighted by Gasteiger charge is 2.18. The third-order valence-electron chi connectivity index (χ3n) is 9.82. The molecule has 0 aliphatic heterocycles. The van der Waals surface area contributed by atoms with Crippen molar-refractivity contribution in [1.82, 2.24) is 0 Å². The van der Waals surface area contributed by atoms with Crippen molar-refractivity contribution < 1.29 is 0 Å². The summed E-state index contributed by atoms with van der Waals surface area (Å²) < 4.78 is 2.69. The van der Waals surface area contributed by atoms with Gasteiger partial charge in [0.15, 0.2) is 0 Å². The molecule has 0 N–H and O–H groups in total. The molecular weight excluding hydrogens is 585 g/mol. The molecule has 9 aromatic carbocycles. The van der Waals surface area contributed by atoms with Crippen LogP contribution in [0.1, 0.15) is 0 Å². The van der Waals surface area contributed by atoms with Gasteiger partial charge >= 0.3 is 0 Å². The fourth-order valence-electron chi connectivity index (χ4n) is 7.71.